The maximum Gasteiger partial charge on any atom is 0.276 e. The van der Waals surface area contributed by atoms with Crippen molar-refractivity contribution in [2.24, 2.45) is 0 Å². The predicted molar refractivity (Wildman–Crippen MR) is 102 cm³/mol. The van der Waals surface area contributed by atoms with Gasteiger partial charge in [-0.3, -0.25) is 20.4 Å². The molecule has 138 valence electrons. The van der Waals surface area contributed by atoms with Crippen LogP contribution in [-0.2, 0) is 9.59 Å². The minimum atomic E-state index is -0.464. The van der Waals surface area contributed by atoms with Gasteiger partial charge in [-0.2, -0.15) is 0 Å². The fourth-order valence-corrected chi connectivity index (χ4v) is 2.50. The number of benzene rings is 2. The van der Waals surface area contributed by atoms with Crippen molar-refractivity contribution in [3.05, 3.63) is 58.6 Å². The molecule has 0 radical (unpaired) electrons. The molecule has 2 aromatic carbocycles. The number of para-hydroxylation sites is 1. The number of amides is 2. The van der Waals surface area contributed by atoms with Crippen molar-refractivity contribution in [3.63, 3.8) is 0 Å². The van der Waals surface area contributed by atoms with Crippen molar-refractivity contribution >= 4 is 27.7 Å². The van der Waals surface area contributed by atoms with Gasteiger partial charge >= 0.3 is 0 Å². The number of hydrogen-bond acceptors (Lipinski definition) is 4. The van der Waals surface area contributed by atoms with Gasteiger partial charge in [0, 0.05) is 4.47 Å². The summed E-state index contributed by atoms with van der Waals surface area (Å²) in [5, 5.41) is 0. The summed E-state index contributed by atoms with van der Waals surface area (Å²) >= 11 is 3.42. The molecule has 6 nitrogen and oxygen atoms in total. The van der Waals surface area contributed by atoms with Gasteiger partial charge in [0.2, 0.25) is 0 Å². The lowest BCUT2D eigenvalue weighted by molar-refractivity contribution is -0.131. The summed E-state index contributed by atoms with van der Waals surface area (Å²) in [6.45, 7) is 3.68. The van der Waals surface area contributed by atoms with Crippen molar-refractivity contribution in [2.75, 3.05) is 13.2 Å². The lowest BCUT2D eigenvalue weighted by Gasteiger charge is -2.14. The third-order valence-electron chi connectivity index (χ3n) is 3.41. The van der Waals surface area contributed by atoms with E-state index in [4.69, 9.17) is 9.47 Å². The number of hydrazine groups is 1. The summed E-state index contributed by atoms with van der Waals surface area (Å²) < 4.78 is 11.8. The average molecular weight is 421 g/mol. The van der Waals surface area contributed by atoms with Crippen molar-refractivity contribution in [3.8, 4) is 11.5 Å². The van der Waals surface area contributed by atoms with E-state index >= 15 is 0 Å². The third-order valence-corrected chi connectivity index (χ3v) is 3.90. The summed E-state index contributed by atoms with van der Waals surface area (Å²) in [7, 11) is 0. The number of nitrogens with one attached hydrogen (secondary N) is 2. The first-order valence-electron chi connectivity index (χ1n) is 8.13. The Balaban J connectivity index is 1.74. The van der Waals surface area contributed by atoms with Crippen molar-refractivity contribution in [1.29, 1.82) is 0 Å². The summed E-state index contributed by atoms with van der Waals surface area (Å²) in [6.07, 6.45) is 0. The van der Waals surface area contributed by atoms with Crippen LogP contribution in [0.15, 0.2) is 53.0 Å². The molecule has 2 N–H and O–H groups in total. The van der Waals surface area contributed by atoms with Crippen LogP contribution in [-0.4, -0.2) is 25.0 Å². The van der Waals surface area contributed by atoms with E-state index in [0.29, 0.717) is 11.5 Å². The quantitative estimate of drug-likeness (QED) is 0.674. The van der Waals surface area contributed by atoms with E-state index in [0.717, 1.165) is 10.0 Å². The second kappa shape index (κ2) is 9.82. The van der Waals surface area contributed by atoms with Crippen LogP contribution in [0.4, 0.5) is 0 Å². The zero-order chi connectivity index (χ0) is 18.9. The molecule has 0 aliphatic carbocycles. The van der Waals surface area contributed by atoms with Gasteiger partial charge in [0.25, 0.3) is 11.8 Å². The van der Waals surface area contributed by atoms with Gasteiger partial charge in [-0.25, -0.2) is 0 Å². The van der Waals surface area contributed by atoms with Gasteiger partial charge in [-0.1, -0.05) is 48.0 Å². The van der Waals surface area contributed by atoms with E-state index in [-0.39, 0.29) is 19.1 Å². The van der Waals surface area contributed by atoms with Crippen LogP contribution in [0.1, 0.15) is 25.3 Å². The number of carbonyl (C=O) groups excluding carboxylic acids is 2. The van der Waals surface area contributed by atoms with Gasteiger partial charge < -0.3 is 9.47 Å². The average Bonchev–Trinajstić information content (AvgIpc) is 2.64. The zero-order valence-electron chi connectivity index (χ0n) is 14.6. The van der Waals surface area contributed by atoms with Crippen LogP contribution in [0.5, 0.6) is 11.5 Å². The number of carbonyl (C=O) groups is 2. The van der Waals surface area contributed by atoms with E-state index < -0.39 is 11.8 Å². The monoisotopic (exact) mass is 420 g/mol. The molecule has 0 bridgehead atoms. The second-order valence-corrected chi connectivity index (χ2v) is 6.74. The smallest absolute Gasteiger partial charge is 0.276 e. The van der Waals surface area contributed by atoms with E-state index in [1.54, 1.807) is 30.3 Å². The van der Waals surface area contributed by atoms with Crippen LogP contribution < -0.4 is 20.3 Å². The highest BCUT2D eigenvalue weighted by atomic mass is 79.9. The maximum atomic E-state index is 11.8. The molecule has 0 aliphatic heterocycles. The third kappa shape index (κ3) is 6.40. The predicted octanol–water partition coefficient (Wildman–Crippen LogP) is 3.18. The molecule has 0 saturated carbocycles. The molecule has 0 spiro atoms. The summed E-state index contributed by atoms with van der Waals surface area (Å²) in [5.41, 5.74) is 5.57. The second-order valence-electron chi connectivity index (χ2n) is 5.82. The Hall–Kier alpha value is -2.54. The summed E-state index contributed by atoms with van der Waals surface area (Å²) in [6, 6.07) is 14.6. The highest BCUT2D eigenvalue weighted by Gasteiger charge is 2.11. The van der Waals surface area contributed by atoms with E-state index in [9.17, 15) is 9.59 Å². The molecule has 0 fully saturated rings. The van der Waals surface area contributed by atoms with Crippen molar-refractivity contribution in [2.45, 2.75) is 19.8 Å². The van der Waals surface area contributed by atoms with Crippen molar-refractivity contribution < 1.29 is 19.1 Å². The van der Waals surface area contributed by atoms with Gasteiger partial charge in [0.15, 0.2) is 13.2 Å². The lowest BCUT2D eigenvalue weighted by Crippen LogP contribution is -2.45. The van der Waals surface area contributed by atoms with Gasteiger partial charge in [-0.15, -0.1) is 0 Å². The molecule has 0 aromatic heterocycles. The fourth-order valence-electron chi connectivity index (χ4n) is 2.12. The minimum absolute atomic E-state index is 0.199. The number of hydrogen-bond donors (Lipinski definition) is 2. The Morgan fingerprint density at radius 2 is 1.58 bits per heavy atom. The molecule has 0 saturated heterocycles. The van der Waals surface area contributed by atoms with E-state index in [1.807, 2.05) is 32.0 Å². The Labute approximate surface area is 161 Å². The lowest BCUT2D eigenvalue weighted by atomic mass is 10.0. The van der Waals surface area contributed by atoms with Crippen LogP contribution in [0.25, 0.3) is 0 Å². The molecule has 2 amide bonds. The number of ether oxygens (including phenoxy) is 2. The molecular weight excluding hydrogens is 400 g/mol. The highest BCUT2D eigenvalue weighted by Crippen LogP contribution is 2.29. The molecule has 0 atom stereocenters. The molecule has 0 unspecified atom stereocenters. The Morgan fingerprint density at radius 3 is 2.19 bits per heavy atom. The van der Waals surface area contributed by atoms with Crippen LogP contribution in [0.2, 0.25) is 0 Å². The molecule has 7 heteroatoms. The molecule has 0 aliphatic rings. The van der Waals surface area contributed by atoms with Crippen LogP contribution in [0.3, 0.4) is 0 Å². The van der Waals surface area contributed by atoms with Crippen LogP contribution >= 0.6 is 15.9 Å². The fraction of sp³-hybridized carbons (Fsp3) is 0.263. The largest absolute Gasteiger partial charge is 0.484 e. The summed E-state index contributed by atoms with van der Waals surface area (Å²) in [4.78, 5) is 23.5. The Kier molecular flexibility index (Phi) is 7.47. The SMILES string of the molecule is CC(C)c1cc(Br)ccc1OCC(=O)NNC(=O)COc1ccccc1. The van der Waals surface area contributed by atoms with Gasteiger partial charge in [0.05, 0.1) is 0 Å². The first kappa shape index (κ1) is 19.8. The van der Waals surface area contributed by atoms with Crippen molar-refractivity contribution in [1.82, 2.24) is 10.9 Å². The molecule has 2 aromatic rings. The molecular formula is C19H21BrN2O4. The van der Waals surface area contributed by atoms with Crippen LogP contribution in [0, 0.1) is 0 Å². The Morgan fingerprint density at radius 1 is 0.962 bits per heavy atom. The first-order chi connectivity index (χ1) is 12.5. The van der Waals surface area contributed by atoms with Gasteiger partial charge in [-0.05, 0) is 41.8 Å². The topological polar surface area (TPSA) is 76.7 Å². The minimum Gasteiger partial charge on any atom is -0.484 e. The summed E-state index contributed by atoms with van der Waals surface area (Å²) in [5.74, 6) is 0.538. The van der Waals surface area contributed by atoms with E-state index in [1.165, 1.54) is 0 Å². The molecule has 2 rings (SSSR count). The Bertz CT molecular complexity index is 750. The molecule has 0 heterocycles. The standard InChI is InChI=1S/C19H21BrN2O4/c1-13(2)16-10-14(20)8-9-17(16)26-12-19(24)22-21-18(23)11-25-15-6-4-3-5-7-15/h3-10,13H,11-12H2,1-2H3,(H,21,23)(H,22,24). The maximum absolute atomic E-state index is 11.8. The zero-order valence-corrected chi connectivity index (χ0v) is 16.2. The first-order valence-corrected chi connectivity index (χ1v) is 8.93. The van der Waals surface area contributed by atoms with E-state index in [2.05, 4.69) is 26.8 Å². The number of halogens is 1. The van der Waals surface area contributed by atoms with Gasteiger partial charge in [0.1, 0.15) is 11.5 Å². The molecule has 26 heavy (non-hydrogen) atoms. The highest BCUT2D eigenvalue weighted by molar-refractivity contribution is 9.10. The number of rotatable bonds is 7. The normalized spacial score (nSPS) is 10.3.